The maximum atomic E-state index is 12.8. The molecule has 1 aromatic heterocycles. The first kappa shape index (κ1) is 17.6. The Morgan fingerprint density at radius 2 is 1.69 bits per heavy atom. The van der Waals surface area contributed by atoms with E-state index in [0.29, 0.717) is 23.2 Å². The molecule has 2 aromatic carbocycles. The van der Waals surface area contributed by atoms with Gasteiger partial charge in [-0.2, -0.15) is 5.10 Å². The van der Waals surface area contributed by atoms with Crippen molar-refractivity contribution in [2.45, 2.75) is 26.9 Å². The van der Waals surface area contributed by atoms with Gasteiger partial charge in [-0.3, -0.25) is 14.3 Å². The van der Waals surface area contributed by atoms with Gasteiger partial charge in [-0.15, -0.1) is 0 Å². The van der Waals surface area contributed by atoms with Gasteiger partial charge >= 0.3 is 0 Å². The Balaban J connectivity index is 1.81. The first-order valence-corrected chi connectivity index (χ1v) is 8.59. The number of rotatable bonds is 6. The Kier molecular flexibility index (Phi) is 5.27. The van der Waals surface area contributed by atoms with Crippen LogP contribution in [0.25, 0.3) is 0 Å². The largest absolute Gasteiger partial charge is 0.346 e. The van der Waals surface area contributed by atoms with E-state index in [-0.39, 0.29) is 11.7 Å². The highest BCUT2D eigenvalue weighted by Gasteiger charge is 2.18. The third kappa shape index (κ3) is 3.72. The number of hydrogen-bond acceptors (Lipinski definition) is 3. The van der Waals surface area contributed by atoms with E-state index in [1.54, 1.807) is 42.6 Å². The van der Waals surface area contributed by atoms with Crippen LogP contribution < -0.4 is 5.32 Å². The monoisotopic (exact) mass is 347 g/mol. The van der Waals surface area contributed by atoms with Crippen molar-refractivity contribution in [3.05, 3.63) is 88.7 Å². The molecule has 3 aromatic rings. The summed E-state index contributed by atoms with van der Waals surface area (Å²) in [6.45, 7) is 5.06. The highest BCUT2D eigenvalue weighted by molar-refractivity contribution is 6.15. The molecule has 0 bridgehead atoms. The highest BCUT2D eigenvalue weighted by atomic mass is 16.2. The van der Waals surface area contributed by atoms with Crippen molar-refractivity contribution in [1.29, 1.82) is 0 Å². The topological polar surface area (TPSA) is 64.0 Å². The Labute approximate surface area is 152 Å². The molecule has 0 aliphatic rings. The number of aryl methyl sites for hydroxylation is 2. The summed E-state index contributed by atoms with van der Waals surface area (Å²) in [6.07, 6.45) is 1.71. The minimum absolute atomic E-state index is 0.158. The van der Waals surface area contributed by atoms with Crippen LogP contribution >= 0.6 is 0 Å². The van der Waals surface area contributed by atoms with Crippen molar-refractivity contribution in [1.82, 2.24) is 15.1 Å². The van der Waals surface area contributed by atoms with Gasteiger partial charge in [0.15, 0.2) is 5.78 Å². The Hall–Kier alpha value is -3.21. The van der Waals surface area contributed by atoms with Gasteiger partial charge in [-0.05, 0) is 26.0 Å². The molecule has 1 amide bonds. The summed E-state index contributed by atoms with van der Waals surface area (Å²) in [5.74, 6) is -0.431. The zero-order valence-corrected chi connectivity index (χ0v) is 14.9. The van der Waals surface area contributed by atoms with Crippen LogP contribution in [0.4, 0.5) is 0 Å². The molecule has 3 rings (SSSR count). The number of benzene rings is 2. The third-order valence-electron chi connectivity index (χ3n) is 4.26. The van der Waals surface area contributed by atoms with Gasteiger partial charge in [0.05, 0.1) is 17.8 Å². The molecule has 132 valence electrons. The van der Waals surface area contributed by atoms with Crippen LogP contribution in [0.2, 0.25) is 0 Å². The molecule has 0 saturated carbocycles. The van der Waals surface area contributed by atoms with Gasteiger partial charge in [0, 0.05) is 23.9 Å². The van der Waals surface area contributed by atoms with E-state index in [9.17, 15) is 9.59 Å². The van der Waals surface area contributed by atoms with Crippen LogP contribution in [0.3, 0.4) is 0 Å². The Morgan fingerprint density at radius 3 is 2.38 bits per heavy atom. The fraction of sp³-hybridized carbons (Fsp3) is 0.190. The van der Waals surface area contributed by atoms with Gasteiger partial charge in [-0.25, -0.2) is 0 Å². The lowest BCUT2D eigenvalue weighted by Gasteiger charge is -2.10. The average Bonchev–Trinajstić information content (AvgIpc) is 3.13. The van der Waals surface area contributed by atoms with Crippen LogP contribution in [0, 0.1) is 6.92 Å². The fourth-order valence-corrected chi connectivity index (χ4v) is 2.80. The molecule has 0 fully saturated rings. The number of amides is 1. The Bertz CT molecular complexity index is 926. The highest BCUT2D eigenvalue weighted by Crippen LogP contribution is 2.16. The van der Waals surface area contributed by atoms with Crippen LogP contribution in [-0.4, -0.2) is 21.5 Å². The number of aromatic nitrogens is 2. The van der Waals surface area contributed by atoms with E-state index in [2.05, 4.69) is 10.4 Å². The number of ketones is 1. The molecule has 1 N–H and O–H groups in total. The van der Waals surface area contributed by atoms with Crippen LogP contribution in [-0.2, 0) is 13.1 Å². The molecule has 0 spiro atoms. The maximum absolute atomic E-state index is 12.8. The molecule has 5 nitrogen and oxygen atoms in total. The fourth-order valence-electron chi connectivity index (χ4n) is 2.80. The average molecular weight is 347 g/mol. The number of carbonyl (C=O) groups excluding carboxylic acids is 2. The lowest BCUT2D eigenvalue weighted by molar-refractivity contribution is 0.0939. The van der Waals surface area contributed by atoms with E-state index in [1.807, 2.05) is 36.7 Å². The van der Waals surface area contributed by atoms with E-state index < -0.39 is 0 Å². The van der Waals surface area contributed by atoms with Gasteiger partial charge in [-0.1, -0.05) is 48.0 Å². The molecule has 0 atom stereocenters. The van der Waals surface area contributed by atoms with Crippen molar-refractivity contribution >= 4 is 11.7 Å². The predicted octanol–water partition coefficient (Wildman–Crippen LogP) is 3.37. The third-order valence-corrected chi connectivity index (χ3v) is 4.26. The summed E-state index contributed by atoms with van der Waals surface area (Å²) in [4.78, 5) is 25.5. The number of nitrogens with zero attached hydrogens (tertiary/aromatic N) is 2. The Morgan fingerprint density at radius 1 is 1.00 bits per heavy atom. The van der Waals surface area contributed by atoms with Gasteiger partial charge in [0.1, 0.15) is 0 Å². The molecule has 0 radical (unpaired) electrons. The lowest BCUT2D eigenvalue weighted by atomic mass is 9.97. The van der Waals surface area contributed by atoms with Gasteiger partial charge in [0.2, 0.25) is 0 Å². The quantitative estimate of drug-likeness (QED) is 0.695. The van der Waals surface area contributed by atoms with Crippen molar-refractivity contribution in [2.24, 2.45) is 0 Å². The van der Waals surface area contributed by atoms with Crippen LogP contribution in [0.1, 0.15) is 44.5 Å². The lowest BCUT2D eigenvalue weighted by Crippen LogP contribution is -2.26. The molecule has 26 heavy (non-hydrogen) atoms. The van der Waals surface area contributed by atoms with Crippen molar-refractivity contribution in [3.63, 3.8) is 0 Å². The van der Waals surface area contributed by atoms with Crippen molar-refractivity contribution < 1.29 is 9.59 Å². The first-order valence-electron chi connectivity index (χ1n) is 8.59. The van der Waals surface area contributed by atoms with E-state index in [0.717, 1.165) is 17.8 Å². The van der Waals surface area contributed by atoms with E-state index in [1.165, 1.54) is 0 Å². The molecule has 0 aliphatic carbocycles. The molecule has 0 unspecified atom stereocenters. The zero-order valence-electron chi connectivity index (χ0n) is 14.9. The second-order valence-electron chi connectivity index (χ2n) is 6.06. The van der Waals surface area contributed by atoms with Crippen LogP contribution in [0.15, 0.2) is 60.8 Å². The molecule has 0 aliphatic heterocycles. The summed E-state index contributed by atoms with van der Waals surface area (Å²) < 4.78 is 1.82. The summed E-state index contributed by atoms with van der Waals surface area (Å²) in [5, 5.41) is 7.07. The standard InChI is InChI=1S/C21H21N3O2/c1-3-24-17(12-13-23-24)14-22-21(26)19-7-5-4-6-18(19)20(25)16-10-8-15(2)9-11-16/h4-13H,3,14H2,1-2H3,(H,22,26). The minimum Gasteiger partial charge on any atom is -0.346 e. The van der Waals surface area contributed by atoms with Crippen molar-refractivity contribution in [3.8, 4) is 0 Å². The predicted molar refractivity (Wildman–Crippen MR) is 100 cm³/mol. The normalized spacial score (nSPS) is 10.5. The minimum atomic E-state index is -0.273. The second kappa shape index (κ2) is 7.78. The summed E-state index contributed by atoms with van der Waals surface area (Å²) in [5.41, 5.74) is 3.35. The smallest absolute Gasteiger partial charge is 0.252 e. The molecule has 0 saturated heterocycles. The van der Waals surface area contributed by atoms with E-state index >= 15 is 0 Å². The van der Waals surface area contributed by atoms with Gasteiger partial charge < -0.3 is 5.32 Å². The molecule has 5 heteroatoms. The first-order chi connectivity index (χ1) is 12.6. The number of hydrogen-bond donors (Lipinski definition) is 1. The molecular weight excluding hydrogens is 326 g/mol. The maximum Gasteiger partial charge on any atom is 0.252 e. The summed E-state index contributed by atoms with van der Waals surface area (Å²) in [7, 11) is 0. The SMILES string of the molecule is CCn1nccc1CNC(=O)c1ccccc1C(=O)c1ccc(C)cc1. The summed E-state index contributed by atoms with van der Waals surface area (Å²) >= 11 is 0. The van der Waals surface area contributed by atoms with Gasteiger partial charge in [0.25, 0.3) is 5.91 Å². The molecular formula is C21H21N3O2. The number of nitrogens with one attached hydrogen (secondary N) is 1. The number of carbonyl (C=O) groups is 2. The summed E-state index contributed by atoms with van der Waals surface area (Å²) in [6, 6.07) is 16.1. The van der Waals surface area contributed by atoms with Crippen LogP contribution in [0.5, 0.6) is 0 Å². The second-order valence-corrected chi connectivity index (χ2v) is 6.06. The molecule has 1 heterocycles. The van der Waals surface area contributed by atoms with Crippen molar-refractivity contribution in [2.75, 3.05) is 0 Å². The zero-order chi connectivity index (χ0) is 18.5. The van der Waals surface area contributed by atoms with E-state index in [4.69, 9.17) is 0 Å².